The number of hydrogen-bond donors (Lipinski definition) is 0. The van der Waals surface area contributed by atoms with Gasteiger partial charge in [0, 0.05) is 18.5 Å². The fourth-order valence-corrected chi connectivity index (χ4v) is 3.63. The third kappa shape index (κ3) is 2.37. The summed E-state index contributed by atoms with van der Waals surface area (Å²) in [6.07, 6.45) is 3.00. The average molecular weight is 293 g/mol. The zero-order valence-electron chi connectivity index (χ0n) is 10.9. The number of carbonyl (C=O) groups is 1. The zero-order chi connectivity index (χ0) is 13.6. The van der Waals surface area contributed by atoms with Gasteiger partial charge in [-0.1, -0.05) is 30.9 Å². The minimum Gasteiger partial charge on any atom is -0.461 e. The highest BCUT2D eigenvalue weighted by molar-refractivity contribution is 8.26. The van der Waals surface area contributed by atoms with E-state index in [9.17, 15) is 4.79 Å². The first-order valence-electron chi connectivity index (χ1n) is 6.45. The van der Waals surface area contributed by atoms with Crippen LogP contribution in [0.3, 0.4) is 0 Å². The van der Waals surface area contributed by atoms with Crippen LogP contribution >= 0.6 is 24.0 Å². The SMILES string of the molecule is CCN1C(=O)/C(=C/c2ccc(C3CC3C)o2)SC1=S. The molecule has 1 aromatic heterocycles. The van der Waals surface area contributed by atoms with Gasteiger partial charge in [-0.05, 0) is 31.4 Å². The van der Waals surface area contributed by atoms with Crippen LogP contribution in [0.15, 0.2) is 21.5 Å². The van der Waals surface area contributed by atoms with Gasteiger partial charge >= 0.3 is 0 Å². The quantitative estimate of drug-likeness (QED) is 0.629. The largest absolute Gasteiger partial charge is 0.461 e. The normalized spacial score (nSPS) is 28.5. The van der Waals surface area contributed by atoms with Crippen molar-refractivity contribution in [1.82, 2.24) is 4.90 Å². The van der Waals surface area contributed by atoms with Gasteiger partial charge in [0.25, 0.3) is 5.91 Å². The second-order valence-corrected chi connectivity index (χ2v) is 6.66. The standard InChI is InChI=1S/C14H15NO2S2/c1-3-15-13(16)12(19-14(15)18)7-9-4-5-11(17-9)10-6-8(10)2/h4-5,7-8,10H,3,6H2,1-2H3/b12-7-. The molecule has 1 aromatic rings. The number of thioether (sulfide) groups is 1. The molecule has 3 rings (SSSR count). The van der Waals surface area contributed by atoms with Gasteiger partial charge in [0.05, 0.1) is 4.91 Å². The second kappa shape index (κ2) is 4.80. The lowest BCUT2D eigenvalue weighted by molar-refractivity contribution is -0.121. The van der Waals surface area contributed by atoms with Crippen molar-refractivity contribution in [3.63, 3.8) is 0 Å². The molecular formula is C14H15NO2S2. The van der Waals surface area contributed by atoms with Gasteiger partial charge < -0.3 is 4.42 Å². The number of thiocarbonyl (C=S) groups is 1. The Morgan fingerprint density at radius 2 is 2.32 bits per heavy atom. The third-order valence-corrected chi connectivity index (χ3v) is 4.96. The molecule has 0 aromatic carbocycles. The van der Waals surface area contributed by atoms with E-state index in [0.717, 1.165) is 17.4 Å². The number of furan rings is 1. The molecule has 2 heterocycles. The van der Waals surface area contributed by atoms with E-state index in [4.69, 9.17) is 16.6 Å². The van der Waals surface area contributed by atoms with Crippen LogP contribution in [0, 0.1) is 5.92 Å². The van der Waals surface area contributed by atoms with Crippen molar-refractivity contribution < 1.29 is 9.21 Å². The Morgan fingerprint density at radius 3 is 2.89 bits per heavy atom. The summed E-state index contributed by atoms with van der Waals surface area (Å²) in [6.45, 7) is 4.76. The third-order valence-electron chi connectivity index (χ3n) is 3.59. The van der Waals surface area contributed by atoms with Crippen LogP contribution in [0.1, 0.15) is 37.7 Å². The molecule has 1 amide bonds. The molecule has 100 valence electrons. The van der Waals surface area contributed by atoms with Crippen LogP contribution in [0.5, 0.6) is 0 Å². The topological polar surface area (TPSA) is 33.5 Å². The lowest BCUT2D eigenvalue weighted by Crippen LogP contribution is -2.27. The highest BCUT2D eigenvalue weighted by atomic mass is 32.2. The van der Waals surface area contributed by atoms with E-state index in [0.29, 0.717) is 21.7 Å². The first-order valence-corrected chi connectivity index (χ1v) is 7.67. The Morgan fingerprint density at radius 1 is 1.58 bits per heavy atom. The minimum absolute atomic E-state index is 0.0183. The van der Waals surface area contributed by atoms with Crippen molar-refractivity contribution in [2.75, 3.05) is 6.54 Å². The number of likely N-dealkylation sites (N-methyl/N-ethyl adjacent to an activating group) is 1. The number of nitrogens with zero attached hydrogens (tertiary/aromatic N) is 1. The molecule has 1 saturated heterocycles. The number of hydrogen-bond acceptors (Lipinski definition) is 4. The molecule has 1 aliphatic carbocycles. The Kier molecular flexibility index (Phi) is 3.27. The summed E-state index contributed by atoms with van der Waals surface area (Å²) in [6, 6.07) is 3.94. The van der Waals surface area contributed by atoms with E-state index in [1.807, 2.05) is 19.1 Å². The van der Waals surface area contributed by atoms with Crippen molar-refractivity contribution in [2.24, 2.45) is 5.92 Å². The lowest BCUT2D eigenvalue weighted by atomic mass is 10.3. The Balaban J connectivity index is 1.80. The van der Waals surface area contributed by atoms with Crippen molar-refractivity contribution >= 4 is 40.3 Å². The smallest absolute Gasteiger partial charge is 0.266 e. The molecule has 2 aliphatic rings. The van der Waals surface area contributed by atoms with Crippen LogP contribution in [-0.4, -0.2) is 21.7 Å². The molecule has 3 nitrogen and oxygen atoms in total. The maximum Gasteiger partial charge on any atom is 0.266 e. The van der Waals surface area contributed by atoms with Crippen molar-refractivity contribution in [1.29, 1.82) is 0 Å². The molecular weight excluding hydrogens is 278 g/mol. The summed E-state index contributed by atoms with van der Waals surface area (Å²) in [5, 5.41) is 0. The fraction of sp³-hybridized carbons (Fsp3) is 0.429. The minimum atomic E-state index is -0.0183. The van der Waals surface area contributed by atoms with E-state index >= 15 is 0 Å². The van der Waals surface area contributed by atoms with Crippen LogP contribution in [0.2, 0.25) is 0 Å². The Bertz CT molecular complexity index is 576. The molecule has 2 unspecified atom stereocenters. The average Bonchev–Trinajstić information content (AvgIpc) is 2.83. The van der Waals surface area contributed by atoms with Gasteiger partial charge in [0.2, 0.25) is 0 Å². The molecule has 1 saturated carbocycles. The van der Waals surface area contributed by atoms with Gasteiger partial charge in [0.15, 0.2) is 0 Å². The monoisotopic (exact) mass is 293 g/mol. The maximum absolute atomic E-state index is 12.1. The number of rotatable bonds is 3. The van der Waals surface area contributed by atoms with E-state index in [-0.39, 0.29) is 5.91 Å². The van der Waals surface area contributed by atoms with E-state index in [2.05, 4.69) is 6.92 Å². The summed E-state index contributed by atoms with van der Waals surface area (Å²) in [5.74, 6) is 3.04. The molecule has 2 fully saturated rings. The predicted molar refractivity (Wildman–Crippen MR) is 80.8 cm³/mol. The molecule has 2 atom stereocenters. The summed E-state index contributed by atoms with van der Waals surface area (Å²) in [7, 11) is 0. The van der Waals surface area contributed by atoms with Gasteiger partial charge in [-0.25, -0.2) is 0 Å². The van der Waals surface area contributed by atoms with Crippen LogP contribution in [-0.2, 0) is 4.79 Å². The van der Waals surface area contributed by atoms with Crippen molar-refractivity contribution in [3.05, 3.63) is 28.6 Å². The van der Waals surface area contributed by atoms with E-state index in [1.165, 1.54) is 18.2 Å². The van der Waals surface area contributed by atoms with Crippen LogP contribution < -0.4 is 0 Å². The summed E-state index contributed by atoms with van der Waals surface area (Å²) in [4.78, 5) is 14.3. The van der Waals surface area contributed by atoms with E-state index < -0.39 is 0 Å². The van der Waals surface area contributed by atoms with Crippen LogP contribution in [0.25, 0.3) is 6.08 Å². The Labute approximate surface area is 122 Å². The van der Waals surface area contributed by atoms with Crippen molar-refractivity contribution in [3.8, 4) is 0 Å². The van der Waals surface area contributed by atoms with Gasteiger partial charge in [0.1, 0.15) is 15.8 Å². The number of carbonyl (C=O) groups excluding carboxylic acids is 1. The molecule has 5 heteroatoms. The summed E-state index contributed by atoms with van der Waals surface area (Å²) < 4.78 is 6.41. The van der Waals surface area contributed by atoms with Gasteiger partial charge in [-0.15, -0.1) is 0 Å². The first kappa shape index (κ1) is 12.9. The van der Waals surface area contributed by atoms with Crippen molar-refractivity contribution in [2.45, 2.75) is 26.2 Å². The zero-order valence-corrected chi connectivity index (χ0v) is 12.5. The summed E-state index contributed by atoms with van der Waals surface area (Å²) >= 11 is 6.52. The summed E-state index contributed by atoms with van der Waals surface area (Å²) in [5.41, 5.74) is 0. The molecule has 0 bridgehead atoms. The van der Waals surface area contributed by atoms with Gasteiger partial charge in [-0.2, -0.15) is 0 Å². The molecule has 0 N–H and O–H groups in total. The highest BCUT2D eigenvalue weighted by Crippen LogP contribution is 2.47. The highest BCUT2D eigenvalue weighted by Gasteiger charge is 2.36. The Hall–Kier alpha value is -1.07. The first-order chi connectivity index (χ1) is 9.10. The van der Waals surface area contributed by atoms with Gasteiger partial charge in [-0.3, -0.25) is 9.69 Å². The van der Waals surface area contributed by atoms with E-state index in [1.54, 1.807) is 11.0 Å². The lowest BCUT2D eigenvalue weighted by Gasteiger charge is -2.09. The molecule has 1 aliphatic heterocycles. The molecule has 0 radical (unpaired) electrons. The van der Waals surface area contributed by atoms with Crippen LogP contribution in [0.4, 0.5) is 0 Å². The fourth-order valence-electron chi connectivity index (χ4n) is 2.27. The maximum atomic E-state index is 12.1. The molecule has 0 spiro atoms. The second-order valence-electron chi connectivity index (χ2n) is 4.99. The molecule has 19 heavy (non-hydrogen) atoms. The predicted octanol–water partition coefficient (Wildman–Crippen LogP) is 3.62. The number of amides is 1.